The van der Waals surface area contributed by atoms with E-state index in [4.69, 9.17) is 46.4 Å². The summed E-state index contributed by atoms with van der Waals surface area (Å²) in [7, 11) is -4.08. The van der Waals surface area contributed by atoms with E-state index < -0.39 is 22.5 Å². The minimum Gasteiger partial charge on any atom is -0.325 e. The summed E-state index contributed by atoms with van der Waals surface area (Å²) in [6.07, 6.45) is 0. The smallest absolute Gasteiger partial charge is 0.243 e. The highest BCUT2D eigenvalue weighted by atomic mass is 35.5. The van der Waals surface area contributed by atoms with Crippen LogP contribution in [0.15, 0.2) is 65.6 Å². The number of halogens is 4. The molecule has 0 radical (unpaired) electrons. The van der Waals surface area contributed by atoms with Crippen LogP contribution in [0.25, 0.3) is 0 Å². The fourth-order valence-corrected chi connectivity index (χ4v) is 5.06. The maximum atomic E-state index is 13.4. The molecule has 168 valence electrons. The van der Waals surface area contributed by atoms with Crippen molar-refractivity contribution in [2.45, 2.75) is 18.4 Å². The molecule has 0 atom stereocenters. The van der Waals surface area contributed by atoms with Crippen molar-refractivity contribution in [3.05, 3.63) is 91.9 Å². The van der Waals surface area contributed by atoms with Crippen LogP contribution in [0.1, 0.15) is 11.1 Å². The van der Waals surface area contributed by atoms with Crippen molar-refractivity contribution >= 4 is 68.0 Å². The highest BCUT2D eigenvalue weighted by molar-refractivity contribution is 7.89. The van der Waals surface area contributed by atoms with Crippen molar-refractivity contribution in [3.63, 3.8) is 0 Å². The van der Waals surface area contributed by atoms with E-state index in [-0.39, 0.29) is 11.4 Å². The Hall–Kier alpha value is -1.80. The molecule has 0 fully saturated rings. The van der Waals surface area contributed by atoms with Gasteiger partial charge in [-0.3, -0.25) is 4.79 Å². The van der Waals surface area contributed by atoms with Crippen molar-refractivity contribution in [1.29, 1.82) is 0 Å². The Morgan fingerprint density at radius 2 is 1.53 bits per heavy atom. The molecule has 0 saturated carbocycles. The monoisotopic (exact) mass is 530 g/mol. The first kappa shape index (κ1) is 24.8. The molecule has 0 unspecified atom stereocenters. The predicted molar refractivity (Wildman–Crippen MR) is 130 cm³/mol. The zero-order valence-corrected chi connectivity index (χ0v) is 20.6. The zero-order chi connectivity index (χ0) is 23.5. The number of aryl methyl sites for hydroxylation is 1. The second-order valence-electron chi connectivity index (χ2n) is 6.94. The molecule has 0 heterocycles. The van der Waals surface area contributed by atoms with E-state index in [1.54, 1.807) is 36.4 Å². The van der Waals surface area contributed by atoms with Crippen LogP contribution >= 0.6 is 46.4 Å². The van der Waals surface area contributed by atoms with Crippen LogP contribution in [-0.2, 0) is 21.4 Å². The SMILES string of the molecule is Cc1ccc(NC(=O)CN(Cc2c(Cl)cccc2Cl)S(=O)(=O)c2ccc(Cl)cc2)cc1Cl. The highest BCUT2D eigenvalue weighted by Gasteiger charge is 2.28. The lowest BCUT2D eigenvalue weighted by Gasteiger charge is -2.23. The molecule has 1 N–H and O–H groups in total. The van der Waals surface area contributed by atoms with Crippen LogP contribution in [0.3, 0.4) is 0 Å². The normalized spacial score (nSPS) is 11.6. The number of nitrogens with one attached hydrogen (secondary N) is 1. The molecule has 0 bridgehead atoms. The predicted octanol–water partition coefficient (Wildman–Crippen LogP) is 6.44. The highest BCUT2D eigenvalue weighted by Crippen LogP contribution is 2.28. The number of sulfonamides is 1. The zero-order valence-electron chi connectivity index (χ0n) is 16.8. The standard InChI is InChI=1S/C22H18Cl4N2O3S/c1-14-5-8-16(11-21(14)26)27-22(29)13-28(12-18-19(24)3-2-4-20(18)25)32(30,31)17-9-6-15(23)7-10-17/h2-11H,12-13H2,1H3,(H,27,29). The van der Waals surface area contributed by atoms with E-state index in [0.29, 0.717) is 31.3 Å². The molecule has 3 aromatic carbocycles. The first-order chi connectivity index (χ1) is 15.1. The van der Waals surface area contributed by atoms with Gasteiger partial charge in [-0.25, -0.2) is 8.42 Å². The Labute approximate surface area is 206 Å². The van der Waals surface area contributed by atoms with E-state index in [0.717, 1.165) is 9.87 Å². The van der Waals surface area contributed by atoms with Crippen LogP contribution in [-0.4, -0.2) is 25.2 Å². The summed E-state index contributed by atoms with van der Waals surface area (Å²) in [5.74, 6) is -0.550. The van der Waals surface area contributed by atoms with Gasteiger partial charge >= 0.3 is 0 Å². The lowest BCUT2D eigenvalue weighted by Crippen LogP contribution is -2.37. The van der Waals surface area contributed by atoms with E-state index >= 15 is 0 Å². The maximum Gasteiger partial charge on any atom is 0.243 e. The maximum absolute atomic E-state index is 13.4. The van der Waals surface area contributed by atoms with Gasteiger partial charge in [0.1, 0.15) is 0 Å². The van der Waals surface area contributed by atoms with E-state index in [1.165, 1.54) is 24.3 Å². The molecule has 5 nitrogen and oxygen atoms in total. The van der Waals surface area contributed by atoms with Gasteiger partial charge in [-0.1, -0.05) is 58.5 Å². The number of nitrogens with zero attached hydrogens (tertiary/aromatic N) is 1. The van der Waals surface area contributed by atoms with Crippen LogP contribution in [0.2, 0.25) is 20.1 Å². The lowest BCUT2D eigenvalue weighted by molar-refractivity contribution is -0.116. The molecule has 0 spiro atoms. The van der Waals surface area contributed by atoms with Gasteiger partial charge < -0.3 is 5.32 Å². The molecular formula is C22H18Cl4N2O3S. The third-order valence-corrected chi connectivity index (χ3v) is 7.80. The minimum absolute atomic E-state index is 0.0174. The quantitative estimate of drug-likeness (QED) is 0.381. The molecule has 32 heavy (non-hydrogen) atoms. The molecule has 0 saturated heterocycles. The second-order valence-corrected chi connectivity index (χ2v) is 10.5. The second kappa shape index (κ2) is 10.4. The Balaban J connectivity index is 1.93. The number of benzene rings is 3. The van der Waals surface area contributed by atoms with Crippen molar-refractivity contribution in [2.24, 2.45) is 0 Å². The van der Waals surface area contributed by atoms with E-state index in [9.17, 15) is 13.2 Å². The van der Waals surface area contributed by atoms with Crippen LogP contribution in [0, 0.1) is 6.92 Å². The summed E-state index contributed by atoms with van der Waals surface area (Å²) in [6.45, 7) is 1.16. The van der Waals surface area contributed by atoms with Gasteiger partial charge in [0.05, 0.1) is 11.4 Å². The molecule has 0 aliphatic rings. The number of amides is 1. The summed E-state index contributed by atoms with van der Waals surface area (Å²) in [4.78, 5) is 12.7. The summed E-state index contributed by atoms with van der Waals surface area (Å²) in [5.41, 5.74) is 1.69. The molecule has 3 rings (SSSR count). The number of carbonyl (C=O) groups excluding carboxylic acids is 1. The Bertz CT molecular complexity index is 1230. The number of hydrogen-bond acceptors (Lipinski definition) is 3. The van der Waals surface area contributed by atoms with Gasteiger partial charge in [0, 0.05) is 37.9 Å². The summed E-state index contributed by atoms with van der Waals surface area (Å²) < 4.78 is 27.7. The molecular weight excluding hydrogens is 514 g/mol. The van der Waals surface area contributed by atoms with Gasteiger partial charge in [0.2, 0.25) is 15.9 Å². The van der Waals surface area contributed by atoms with Crippen molar-refractivity contribution < 1.29 is 13.2 Å². The summed E-state index contributed by atoms with van der Waals surface area (Å²) in [5, 5.41) is 4.12. The first-order valence-corrected chi connectivity index (χ1v) is 12.3. The Morgan fingerprint density at radius 1 is 0.906 bits per heavy atom. The average Bonchev–Trinajstić information content (AvgIpc) is 2.73. The van der Waals surface area contributed by atoms with Crippen LogP contribution in [0.4, 0.5) is 5.69 Å². The molecule has 10 heteroatoms. The largest absolute Gasteiger partial charge is 0.325 e. The van der Waals surface area contributed by atoms with Gasteiger partial charge in [-0.05, 0) is 61.0 Å². The van der Waals surface area contributed by atoms with Crippen molar-refractivity contribution in [2.75, 3.05) is 11.9 Å². The van der Waals surface area contributed by atoms with Crippen LogP contribution in [0.5, 0.6) is 0 Å². The number of carbonyl (C=O) groups is 1. The summed E-state index contributed by atoms with van der Waals surface area (Å²) >= 11 is 24.5. The Kier molecular flexibility index (Phi) is 8.09. The fraction of sp³-hybridized carbons (Fsp3) is 0.136. The third-order valence-electron chi connectivity index (χ3n) is 4.62. The van der Waals surface area contributed by atoms with Gasteiger partial charge in [-0.15, -0.1) is 0 Å². The fourth-order valence-electron chi connectivity index (χ4n) is 2.87. The summed E-state index contributed by atoms with van der Waals surface area (Å²) in [6, 6.07) is 15.6. The molecule has 0 aliphatic heterocycles. The Morgan fingerprint density at radius 3 is 2.12 bits per heavy atom. The number of hydrogen-bond donors (Lipinski definition) is 1. The lowest BCUT2D eigenvalue weighted by atomic mass is 10.2. The topological polar surface area (TPSA) is 66.5 Å². The van der Waals surface area contributed by atoms with Crippen LogP contribution < -0.4 is 5.32 Å². The van der Waals surface area contributed by atoms with E-state index in [1.807, 2.05) is 6.92 Å². The molecule has 0 aromatic heterocycles. The molecule has 0 aliphatic carbocycles. The first-order valence-electron chi connectivity index (χ1n) is 9.32. The van der Waals surface area contributed by atoms with Gasteiger partial charge in [-0.2, -0.15) is 4.31 Å². The van der Waals surface area contributed by atoms with E-state index in [2.05, 4.69) is 5.32 Å². The minimum atomic E-state index is -4.08. The molecule has 1 amide bonds. The average molecular weight is 532 g/mol. The number of rotatable bonds is 7. The third kappa shape index (κ3) is 5.95. The number of anilines is 1. The van der Waals surface area contributed by atoms with Crippen molar-refractivity contribution in [3.8, 4) is 0 Å². The van der Waals surface area contributed by atoms with Gasteiger partial charge in [0.15, 0.2) is 0 Å². The molecule has 3 aromatic rings. The van der Waals surface area contributed by atoms with Crippen molar-refractivity contribution in [1.82, 2.24) is 4.31 Å². The van der Waals surface area contributed by atoms with Gasteiger partial charge in [0.25, 0.3) is 0 Å².